The lowest BCUT2D eigenvalue weighted by atomic mass is 9.97. The van der Waals surface area contributed by atoms with Crippen molar-refractivity contribution in [2.75, 3.05) is 6.61 Å². The van der Waals surface area contributed by atoms with E-state index >= 15 is 0 Å². The summed E-state index contributed by atoms with van der Waals surface area (Å²) in [5.41, 5.74) is 0. The summed E-state index contributed by atoms with van der Waals surface area (Å²) < 4.78 is 5.15. The lowest BCUT2D eigenvalue weighted by Gasteiger charge is -2.09. The molecule has 0 radical (unpaired) electrons. The zero-order chi connectivity index (χ0) is 7.40. The van der Waals surface area contributed by atoms with Crippen LogP contribution in [0.2, 0.25) is 0 Å². The molecule has 1 atom stereocenters. The van der Waals surface area contributed by atoms with Gasteiger partial charge in [0.05, 0.1) is 12.7 Å². The van der Waals surface area contributed by atoms with Gasteiger partial charge in [0, 0.05) is 0 Å². The standard InChI is InChI=1S/C9H18O/c1-3-8(4-2)5-6-9-7-10-9/h8-9H,3-7H2,1-2H3. The van der Waals surface area contributed by atoms with Crippen LogP contribution in [0.3, 0.4) is 0 Å². The second-order valence-electron chi connectivity index (χ2n) is 3.22. The first-order valence-corrected chi connectivity index (χ1v) is 4.48. The molecular formula is C9H18O. The normalized spacial score (nSPS) is 23.7. The van der Waals surface area contributed by atoms with Gasteiger partial charge in [-0.2, -0.15) is 0 Å². The topological polar surface area (TPSA) is 12.5 Å². The van der Waals surface area contributed by atoms with Crippen molar-refractivity contribution in [3.05, 3.63) is 0 Å². The smallest absolute Gasteiger partial charge is 0.0810 e. The number of epoxide rings is 1. The Hall–Kier alpha value is -0.0400. The van der Waals surface area contributed by atoms with Gasteiger partial charge in [0.15, 0.2) is 0 Å². The summed E-state index contributed by atoms with van der Waals surface area (Å²) in [5.74, 6) is 0.948. The molecule has 0 spiro atoms. The molecule has 0 N–H and O–H groups in total. The Bertz CT molecular complexity index is 82.7. The molecule has 1 aliphatic heterocycles. The van der Waals surface area contributed by atoms with Crippen molar-refractivity contribution < 1.29 is 4.74 Å². The van der Waals surface area contributed by atoms with Crippen molar-refractivity contribution in [1.82, 2.24) is 0 Å². The van der Waals surface area contributed by atoms with Crippen molar-refractivity contribution in [2.24, 2.45) is 5.92 Å². The number of rotatable bonds is 5. The van der Waals surface area contributed by atoms with Gasteiger partial charge >= 0.3 is 0 Å². The Kier molecular flexibility index (Phi) is 3.20. The second kappa shape index (κ2) is 3.97. The zero-order valence-corrected chi connectivity index (χ0v) is 7.10. The van der Waals surface area contributed by atoms with Crippen LogP contribution in [-0.4, -0.2) is 12.7 Å². The van der Waals surface area contributed by atoms with Crippen molar-refractivity contribution in [2.45, 2.75) is 45.6 Å². The predicted molar refractivity (Wildman–Crippen MR) is 43.0 cm³/mol. The van der Waals surface area contributed by atoms with Crippen LogP contribution in [0, 0.1) is 5.92 Å². The fourth-order valence-corrected chi connectivity index (χ4v) is 1.35. The summed E-state index contributed by atoms with van der Waals surface area (Å²) >= 11 is 0. The molecule has 60 valence electrons. The minimum Gasteiger partial charge on any atom is -0.373 e. The quantitative estimate of drug-likeness (QED) is 0.537. The van der Waals surface area contributed by atoms with E-state index in [-0.39, 0.29) is 0 Å². The minimum atomic E-state index is 0.639. The van der Waals surface area contributed by atoms with Crippen LogP contribution in [0.25, 0.3) is 0 Å². The van der Waals surface area contributed by atoms with Crippen molar-refractivity contribution in [1.29, 1.82) is 0 Å². The highest BCUT2D eigenvalue weighted by Crippen LogP contribution is 2.22. The summed E-state index contributed by atoms with van der Waals surface area (Å²) in [6, 6.07) is 0. The molecular weight excluding hydrogens is 124 g/mol. The molecule has 0 saturated carbocycles. The van der Waals surface area contributed by atoms with Crippen LogP contribution in [0.4, 0.5) is 0 Å². The maximum Gasteiger partial charge on any atom is 0.0810 e. The van der Waals surface area contributed by atoms with Gasteiger partial charge in [-0.1, -0.05) is 26.7 Å². The van der Waals surface area contributed by atoms with Crippen molar-refractivity contribution in [3.63, 3.8) is 0 Å². The van der Waals surface area contributed by atoms with Crippen LogP contribution in [0.15, 0.2) is 0 Å². The third-order valence-electron chi connectivity index (χ3n) is 2.45. The molecule has 1 heteroatoms. The van der Waals surface area contributed by atoms with Gasteiger partial charge in [0.2, 0.25) is 0 Å². The van der Waals surface area contributed by atoms with E-state index in [9.17, 15) is 0 Å². The molecule has 0 aromatic rings. The molecule has 1 unspecified atom stereocenters. The Morgan fingerprint density at radius 1 is 1.40 bits per heavy atom. The highest BCUT2D eigenvalue weighted by Gasteiger charge is 2.22. The second-order valence-corrected chi connectivity index (χ2v) is 3.22. The first-order chi connectivity index (χ1) is 4.86. The lowest BCUT2D eigenvalue weighted by molar-refractivity contribution is 0.358. The minimum absolute atomic E-state index is 0.639. The Morgan fingerprint density at radius 2 is 2.00 bits per heavy atom. The highest BCUT2D eigenvalue weighted by atomic mass is 16.6. The van der Waals surface area contributed by atoms with E-state index in [0.29, 0.717) is 6.10 Å². The average molecular weight is 142 g/mol. The van der Waals surface area contributed by atoms with Crippen LogP contribution >= 0.6 is 0 Å². The lowest BCUT2D eigenvalue weighted by Crippen LogP contribution is -1.98. The SMILES string of the molecule is CCC(CC)CCC1CO1. The predicted octanol–water partition coefficient (Wildman–Crippen LogP) is 2.60. The van der Waals surface area contributed by atoms with E-state index in [1.807, 2.05) is 0 Å². The van der Waals surface area contributed by atoms with Crippen molar-refractivity contribution in [3.8, 4) is 0 Å². The van der Waals surface area contributed by atoms with E-state index in [4.69, 9.17) is 4.74 Å². The first-order valence-electron chi connectivity index (χ1n) is 4.48. The summed E-state index contributed by atoms with van der Waals surface area (Å²) in [6.45, 7) is 5.59. The van der Waals surface area contributed by atoms with E-state index in [1.165, 1.54) is 25.7 Å². The molecule has 1 aliphatic rings. The molecule has 1 rings (SSSR count). The van der Waals surface area contributed by atoms with E-state index in [1.54, 1.807) is 0 Å². The summed E-state index contributed by atoms with van der Waals surface area (Å²) in [5, 5.41) is 0. The fourth-order valence-electron chi connectivity index (χ4n) is 1.35. The molecule has 0 bridgehead atoms. The van der Waals surface area contributed by atoms with Gasteiger partial charge in [0.1, 0.15) is 0 Å². The number of hydrogen-bond acceptors (Lipinski definition) is 1. The largest absolute Gasteiger partial charge is 0.373 e. The maximum atomic E-state index is 5.15. The first kappa shape index (κ1) is 8.06. The molecule has 10 heavy (non-hydrogen) atoms. The van der Waals surface area contributed by atoms with Crippen LogP contribution in [-0.2, 0) is 4.74 Å². The maximum absolute atomic E-state index is 5.15. The Labute approximate surface area is 63.8 Å². The van der Waals surface area contributed by atoms with E-state index in [2.05, 4.69) is 13.8 Å². The van der Waals surface area contributed by atoms with Crippen LogP contribution in [0.1, 0.15) is 39.5 Å². The van der Waals surface area contributed by atoms with E-state index in [0.717, 1.165) is 12.5 Å². The van der Waals surface area contributed by atoms with Gasteiger partial charge < -0.3 is 4.74 Å². The molecule has 0 aliphatic carbocycles. The molecule has 0 aromatic carbocycles. The van der Waals surface area contributed by atoms with Gasteiger partial charge in [-0.25, -0.2) is 0 Å². The number of ether oxygens (including phenoxy) is 1. The highest BCUT2D eigenvalue weighted by molar-refractivity contribution is 4.70. The fraction of sp³-hybridized carbons (Fsp3) is 1.00. The van der Waals surface area contributed by atoms with Gasteiger partial charge in [-0.05, 0) is 18.8 Å². The average Bonchev–Trinajstić information content (AvgIpc) is 2.74. The zero-order valence-electron chi connectivity index (χ0n) is 7.10. The molecule has 0 amide bonds. The monoisotopic (exact) mass is 142 g/mol. The molecule has 0 aromatic heterocycles. The summed E-state index contributed by atoms with van der Waals surface area (Å²) in [7, 11) is 0. The van der Waals surface area contributed by atoms with Gasteiger partial charge in [0.25, 0.3) is 0 Å². The summed E-state index contributed by atoms with van der Waals surface area (Å²) in [6.07, 6.45) is 5.98. The third kappa shape index (κ3) is 2.70. The Morgan fingerprint density at radius 3 is 2.40 bits per heavy atom. The molecule has 1 fully saturated rings. The molecule has 1 nitrogen and oxygen atoms in total. The molecule has 1 heterocycles. The molecule has 1 saturated heterocycles. The number of hydrogen-bond donors (Lipinski definition) is 0. The summed E-state index contributed by atoms with van der Waals surface area (Å²) in [4.78, 5) is 0. The van der Waals surface area contributed by atoms with Gasteiger partial charge in [-0.15, -0.1) is 0 Å². The third-order valence-corrected chi connectivity index (χ3v) is 2.45. The van der Waals surface area contributed by atoms with Gasteiger partial charge in [-0.3, -0.25) is 0 Å². The van der Waals surface area contributed by atoms with Crippen molar-refractivity contribution >= 4 is 0 Å². The van der Waals surface area contributed by atoms with E-state index < -0.39 is 0 Å². The van der Waals surface area contributed by atoms with Crippen LogP contribution in [0.5, 0.6) is 0 Å². The van der Waals surface area contributed by atoms with Crippen LogP contribution < -0.4 is 0 Å². The Balaban J connectivity index is 1.97.